The van der Waals surface area contributed by atoms with Gasteiger partial charge in [-0.05, 0) is 70.2 Å². The van der Waals surface area contributed by atoms with Crippen LogP contribution in [-0.2, 0) is 0 Å². The highest BCUT2D eigenvalue weighted by Crippen LogP contribution is 2.43. The molecule has 0 spiro atoms. The van der Waals surface area contributed by atoms with Gasteiger partial charge in [0.15, 0.2) is 11.6 Å². The Morgan fingerprint density at radius 1 is 0.943 bits per heavy atom. The van der Waals surface area contributed by atoms with E-state index in [-0.39, 0.29) is 21.6 Å². The molecule has 0 radical (unpaired) electrons. The molecule has 180 valence electrons. The van der Waals surface area contributed by atoms with E-state index in [9.17, 15) is 22.7 Å². The van der Waals surface area contributed by atoms with Crippen molar-refractivity contribution in [3.05, 3.63) is 76.4 Å². The van der Waals surface area contributed by atoms with Crippen LogP contribution in [0.15, 0.2) is 53.1 Å². The third-order valence-electron chi connectivity index (χ3n) is 6.30. The number of nitrogens with zero attached hydrogens (tertiary/aromatic N) is 2. The van der Waals surface area contributed by atoms with E-state index in [0.717, 1.165) is 12.1 Å². The highest BCUT2D eigenvalue weighted by molar-refractivity contribution is 9.10. The van der Waals surface area contributed by atoms with Gasteiger partial charge in [-0.2, -0.15) is 0 Å². The number of hydrogen-bond donors (Lipinski definition) is 2. The minimum atomic E-state index is -1.19. The Balaban J connectivity index is 1.79. The molecule has 1 aromatic heterocycles. The van der Waals surface area contributed by atoms with Gasteiger partial charge in [0.25, 0.3) is 0 Å². The molecule has 4 aromatic rings. The van der Waals surface area contributed by atoms with Crippen LogP contribution in [0.1, 0.15) is 12.8 Å². The molecule has 0 saturated carbocycles. The van der Waals surface area contributed by atoms with Gasteiger partial charge in [-0.3, -0.25) is 4.98 Å². The first-order chi connectivity index (χ1) is 16.7. The topological polar surface area (TPSA) is 62.4 Å². The molecule has 2 heterocycles. The lowest BCUT2D eigenvalue weighted by atomic mass is 9.95. The van der Waals surface area contributed by atoms with Crippen LogP contribution in [0, 0.1) is 23.3 Å². The Labute approximate surface area is 207 Å². The maximum absolute atomic E-state index is 14.8. The van der Waals surface area contributed by atoms with Crippen LogP contribution in [0.25, 0.3) is 33.2 Å². The third-order valence-corrected chi connectivity index (χ3v) is 6.91. The van der Waals surface area contributed by atoms with Crippen LogP contribution >= 0.6 is 15.9 Å². The molecule has 4 nitrogen and oxygen atoms in total. The number of anilines is 1. The van der Waals surface area contributed by atoms with Crippen LogP contribution in [0.4, 0.5) is 23.2 Å². The van der Waals surface area contributed by atoms with Gasteiger partial charge < -0.3 is 15.7 Å². The summed E-state index contributed by atoms with van der Waals surface area (Å²) in [4.78, 5) is 6.53. The summed E-state index contributed by atoms with van der Waals surface area (Å²) in [7, 11) is 0. The first-order valence-corrected chi connectivity index (χ1v) is 11.8. The zero-order valence-electron chi connectivity index (χ0n) is 18.3. The van der Waals surface area contributed by atoms with Gasteiger partial charge in [-0.1, -0.05) is 6.07 Å². The van der Waals surface area contributed by atoms with E-state index >= 15 is 0 Å². The predicted octanol–water partition coefficient (Wildman–Crippen LogP) is 6.52. The number of halogens is 5. The quantitative estimate of drug-likeness (QED) is 0.227. The van der Waals surface area contributed by atoms with Crippen molar-refractivity contribution in [2.24, 2.45) is 5.73 Å². The lowest BCUT2D eigenvalue weighted by molar-refractivity contribution is 0.455. The summed E-state index contributed by atoms with van der Waals surface area (Å²) in [6.45, 7) is 1.20. The minimum Gasteiger partial charge on any atom is -0.506 e. The summed E-state index contributed by atoms with van der Waals surface area (Å²) in [5, 5.41) is 11.1. The van der Waals surface area contributed by atoms with E-state index in [4.69, 9.17) is 5.73 Å². The Hall–Kier alpha value is -3.17. The predicted molar refractivity (Wildman–Crippen MR) is 131 cm³/mol. The van der Waals surface area contributed by atoms with Gasteiger partial charge in [0.05, 0.1) is 21.2 Å². The molecule has 3 N–H and O–H groups in total. The standard InChI is InChI=1S/C26H20BrF4N3O/c27-20-11-21(30)24(31)23(26(20)35)13-1-2-22-18(9-13)25(34-5-3-17(32)4-6-34)19(12-33-22)14-7-15(28)10-16(29)8-14/h1-2,7-12,17,35H,3-6,32H2. The molecule has 9 heteroatoms. The summed E-state index contributed by atoms with van der Waals surface area (Å²) in [6, 6.07) is 8.93. The number of hydrogen-bond acceptors (Lipinski definition) is 4. The molecule has 35 heavy (non-hydrogen) atoms. The fourth-order valence-corrected chi connectivity index (χ4v) is 4.97. The average molecular weight is 546 g/mol. The maximum Gasteiger partial charge on any atom is 0.170 e. The van der Waals surface area contributed by atoms with Crippen molar-refractivity contribution in [3.8, 4) is 28.0 Å². The smallest absolute Gasteiger partial charge is 0.170 e. The number of phenols is 1. The van der Waals surface area contributed by atoms with E-state index in [1.807, 2.05) is 0 Å². The molecular weight excluding hydrogens is 526 g/mol. The molecule has 0 unspecified atom stereocenters. The third kappa shape index (κ3) is 4.34. The van der Waals surface area contributed by atoms with E-state index < -0.39 is 29.0 Å². The van der Waals surface area contributed by atoms with Gasteiger partial charge in [-0.25, -0.2) is 17.6 Å². The summed E-state index contributed by atoms with van der Waals surface area (Å²) in [5.41, 5.74) is 8.02. The van der Waals surface area contributed by atoms with Crippen LogP contribution in [0.3, 0.4) is 0 Å². The number of piperidine rings is 1. The van der Waals surface area contributed by atoms with Crippen LogP contribution < -0.4 is 10.6 Å². The lowest BCUT2D eigenvalue weighted by Gasteiger charge is -2.34. The zero-order chi connectivity index (χ0) is 24.9. The second kappa shape index (κ2) is 9.13. The highest BCUT2D eigenvalue weighted by Gasteiger charge is 2.24. The van der Waals surface area contributed by atoms with E-state index in [1.54, 1.807) is 18.3 Å². The number of rotatable bonds is 3. The van der Waals surface area contributed by atoms with Gasteiger partial charge >= 0.3 is 0 Å². The van der Waals surface area contributed by atoms with Gasteiger partial charge in [0.2, 0.25) is 0 Å². The van der Waals surface area contributed by atoms with Gasteiger partial charge in [0, 0.05) is 42.3 Å². The number of phenolic OH excluding ortho intramolecular Hbond substituents is 1. The Bertz CT molecular complexity index is 1410. The fourth-order valence-electron chi connectivity index (χ4n) is 4.57. The van der Waals surface area contributed by atoms with Crippen LogP contribution in [0.2, 0.25) is 0 Å². The summed E-state index contributed by atoms with van der Waals surface area (Å²) >= 11 is 3.06. The van der Waals surface area contributed by atoms with E-state index in [0.29, 0.717) is 53.6 Å². The Morgan fingerprint density at radius 2 is 1.63 bits per heavy atom. The first-order valence-electron chi connectivity index (χ1n) is 11.0. The lowest BCUT2D eigenvalue weighted by Crippen LogP contribution is -2.40. The van der Waals surface area contributed by atoms with E-state index in [1.165, 1.54) is 18.2 Å². The van der Waals surface area contributed by atoms with Crippen molar-refractivity contribution in [2.75, 3.05) is 18.0 Å². The summed E-state index contributed by atoms with van der Waals surface area (Å²) < 4.78 is 57.2. The second-order valence-electron chi connectivity index (χ2n) is 8.61. The second-order valence-corrected chi connectivity index (χ2v) is 9.47. The van der Waals surface area contributed by atoms with E-state index in [2.05, 4.69) is 25.8 Å². The van der Waals surface area contributed by atoms with Crippen LogP contribution in [-0.4, -0.2) is 29.2 Å². The van der Waals surface area contributed by atoms with Crippen molar-refractivity contribution in [2.45, 2.75) is 18.9 Å². The molecule has 1 aliphatic rings. The normalized spacial score (nSPS) is 14.6. The molecule has 0 bridgehead atoms. The number of pyridine rings is 1. The van der Waals surface area contributed by atoms with Gasteiger partial charge in [-0.15, -0.1) is 0 Å². The fraction of sp³-hybridized carbons (Fsp3) is 0.192. The molecule has 1 saturated heterocycles. The number of aromatic hydroxyl groups is 1. The average Bonchev–Trinajstić information content (AvgIpc) is 2.82. The van der Waals surface area contributed by atoms with Crippen molar-refractivity contribution < 1.29 is 22.7 Å². The van der Waals surface area contributed by atoms with Crippen LogP contribution in [0.5, 0.6) is 5.75 Å². The van der Waals surface area contributed by atoms with Crippen molar-refractivity contribution >= 4 is 32.5 Å². The molecule has 0 aliphatic carbocycles. The maximum atomic E-state index is 14.8. The molecule has 1 fully saturated rings. The molecule has 1 aliphatic heterocycles. The zero-order valence-corrected chi connectivity index (χ0v) is 19.9. The number of benzene rings is 3. The summed E-state index contributed by atoms with van der Waals surface area (Å²) in [6.07, 6.45) is 2.98. The molecule has 0 amide bonds. The number of aromatic nitrogens is 1. The Morgan fingerprint density at radius 3 is 2.31 bits per heavy atom. The van der Waals surface area contributed by atoms with Crippen molar-refractivity contribution in [1.29, 1.82) is 0 Å². The monoisotopic (exact) mass is 545 g/mol. The summed E-state index contributed by atoms with van der Waals surface area (Å²) in [5.74, 6) is -4.19. The van der Waals surface area contributed by atoms with Crippen molar-refractivity contribution in [3.63, 3.8) is 0 Å². The Kier molecular flexibility index (Phi) is 6.14. The first kappa shape index (κ1) is 23.6. The largest absolute Gasteiger partial charge is 0.506 e. The minimum absolute atomic E-state index is 0.0128. The molecule has 3 aromatic carbocycles. The number of nitrogens with two attached hydrogens (primary N) is 1. The molecule has 0 atom stereocenters. The molecular formula is C26H20BrF4N3O. The van der Waals surface area contributed by atoms with Crippen molar-refractivity contribution in [1.82, 2.24) is 4.98 Å². The SMILES string of the molecule is NC1CCN(c2c(-c3cc(F)cc(F)c3)cnc3ccc(-c4c(O)c(Br)cc(F)c4F)cc23)CC1. The number of fused-ring (bicyclic) bond motifs is 1. The molecule has 5 rings (SSSR count). The highest BCUT2D eigenvalue weighted by atomic mass is 79.9. The van der Waals surface area contributed by atoms with Gasteiger partial charge in [0.1, 0.15) is 17.4 Å².